The number of hydrogen-bond acceptors (Lipinski definition) is 6. The Bertz CT molecular complexity index is 603. The Balaban J connectivity index is 2.11. The lowest BCUT2D eigenvalue weighted by atomic mass is 10.1. The molecule has 2 rings (SSSR count). The van der Waals surface area contributed by atoms with E-state index in [0.717, 1.165) is 16.2 Å². The van der Waals surface area contributed by atoms with Crippen LogP contribution in [-0.4, -0.2) is 62.5 Å². The second-order valence-corrected chi connectivity index (χ2v) is 8.32. The van der Waals surface area contributed by atoms with Crippen molar-refractivity contribution in [3.8, 4) is 5.75 Å². The number of ether oxygens (including phenoxy) is 1. The third-order valence-electron chi connectivity index (χ3n) is 3.74. The van der Waals surface area contributed by atoms with Crippen LogP contribution < -0.4 is 4.74 Å². The number of benzene rings is 1. The number of likely N-dealkylation sites (N-methyl/N-ethyl adjacent to an activating group) is 1. The molecule has 0 saturated carbocycles. The highest BCUT2D eigenvalue weighted by Crippen LogP contribution is 2.29. The van der Waals surface area contributed by atoms with Gasteiger partial charge in [-0.05, 0) is 31.0 Å². The first-order valence-electron chi connectivity index (χ1n) is 6.66. The van der Waals surface area contributed by atoms with Crippen LogP contribution in [-0.2, 0) is 16.4 Å². The molecule has 1 heterocycles. The predicted molar refractivity (Wildman–Crippen MR) is 84.7 cm³/mol. The molecule has 1 aromatic rings. The number of rotatable bonds is 5. The molecule has 1 N–H and O–H groups in total. The molecule has 2 atom stereocenters. The standard InChI is InChI=1S/C14H21NO4S2/c1-15(11-8-21(17,18)9-12(11)16)7-10-4-5-14(20-3)13(6-10)19-2/h4-6,11-12,16H,7-9H2,1-3H3/t11-,12-/m0/s1. The summed E-state index contributed by atoms with van der Waals surface area (Å²) in [5.41, 5.74) is 1.03. The normalized spacial score (nSPS) is 24.4. The van der Waals surface area contributed by atoms with E-state index in [9.17, 15) is 13.5 Å². The molecular formula is C14H21NO4S2. The third kappa shape index (κ3) is 3.91. The number of hydrogen-bond donors (Lipinski definition) is 1. The molecule has 0 aliphatic carbocycles. The predicted octanol–water partition coefficient (Wildman–Crippen LogP) is 1.01. The molecule has 0 bridgehead atoms. The molecule has 21 heavy (non-hydrogen) atoms. The molecule has 0 aromatic heterocycles. The van der Waals surface area contributed by atoms with Gasteiger partial charge in [-0.25, -0.2) is 8.42 Å². The Labute approximate surface area is 130 Å². The first-order chi connectivity index (χ1) is 9.86. The summed E-state index contributed by atoms with van der Waals surface area (Å²) in [7, 11) is 0.347. The zero-order chi connectivity index (χ0) is 15.6. The van der Waals surface area contributed by atoms with Gasteiger partial charge in [-0.3, -0.25) is 4.90 Å². The Morgan fingerprint density at radius 2 is 2.14 bits per heavy atom. The van der Waals surface area contributed by atoms with E-state index in [4.69, 9.17) is 4.74 Å². The number of nitrogens with zero attached hydrogens (tertiary/aromatic N) is 1. The van der Waals surface area contributed by atoms with Gasteiger partial charge in [0.25, 0.3) is 0 Å². The lowest BCUT2D eigenvalue weighted by molar-refractivity contribution is 0.0957. The van der Waals surface area contributed by atoms with Crippen molar-refractivity contribution in [2.75, 3.05) is 31.9 Å². The van der Waals surface area contributed by atoms with Crippen molar-refractivity contribution >= 4 is 21.6 Å². The van der Waals surface area contributed by atoms with Gasteiger partial charge in [-0.2, -0.15) is 0 Å². The minimum Gasteiger partial charge on any atom is -0.496 e. The van der Waals surface area contributed by atoms with Crippen LogP contribution in [0.4, 0.5) is 0 Å². The van der Waals surface area contributed by atoms with Crippen LogP contribution in [0.3, 0.4) is 0 Å². The van der Waals surface area contributed by atoms with Gasteiger partial charge in [-0.15, -0.1) is 11.8 Å². The maximum Gasteiger partial charge on any atom is 0.154 e. The molecule has 5 nitrogen and oxygen atoms in total. The van der Waals surface area contributed by atoms with Gasteiger partial charge >= 0.3 is 0 Å². The van der Waals surface area contributed by atoms with Gasteiger partial charge in [0.05, 0.1) is 30.8 Å². The van der Waals surface area contributed by atoms with Gasteiger partial charge in [0, 0.05) is 11.4 Å². The van der Waals surface area contributed by atoms with E-state index in [-0.39, 0.29) is 17.5 Å². The van der Waals surface area contributed by atoms with E-state index in [2.05, 4.69) is 0 Å². The van der Waals surface area contributed by atoms with Crippen molar-refractivity contribution in [1.29, 1.82) is 0 Å². The minimum atomic E-state index is -3.13. The highest BCUT2D eigenvalue weighted by atomic mass is 32.2. The Hall–Kier alpha value is -0.760. The van der Waals surface area contributed by atoms with Crippen molar-refractivity contribution in [2.45, 2.75) is 23.6 Å². The van der Waals surface area contributed by atoms with E-state index in [1.165, 1.54) is 0 Å². The first kappa shape index (κ1) is 16.6. The van der Waals surface area contributed by atoms with E-state index in [1.807, 2.05) is 36.4 Å². The summed E-state index contributed by atoms with van der Waals surface area (Å²) in [6.45, 7) is 0.572. The molecule has 0 spiro atoms. The summed E-state index contributed by atoms with van der Waals surface area (Å²) in [6.07, 6.45) is 1.18. The molecule has 1 aliphatic heterocycles. The SMILES string of the molecule is COc1cc(CN(C)[C@H]2CS(=O)(=O)C[C@@H]2O)ccc1SC. The maximum absolute atomic E-state index is 11.6. The topological polar surface area (TPSA) is 66.8 Å². The van der Waals surface area contributed by atoms with Crippen LogP contribution in [0.1, 0.15) is 5.56 Å². The summed E-state index contributed by atoms with van der Waals surface area (Å²) < 4.78 is 28.5. The molecule has 118 valence electrons. The average Bonchev–Trinajstić information content (AvgIpc) is 2.72. The Morgan fingerprint density at radius 1 is 1.43 bits per heavy atom. The summed E-state index contributed by atoms with van der Waals surface area (Å²) in [5, 5.41) is 9.91. The van der Waals surface area contributed by atoms with Gasteiger partial charge in [-0.1, -0.05) is 6.07 Å². The smallest absolute Gasteiger partial charge is 0.154 e. The maximum atomic E-state index is 11.6. The van der Waals surface area contributed by atoms with Crippen molar-refractivity contribution in [2.24, 2.45) is 0 Å². The van der Waals surface area contributed by atoms with Crippen LogP contribution in [0.2, 0.25) is 0 Å². The lowest BCUT2D eigenvalue weighted by Gasteiger charge is -2.26. The lowest BCUT2D eigenvalue weighted by Crippen LogP contribution is -2.40. The fourth-order valence-corrected chi connectivity index (χ4v) is 5.04. The zero-order valence-electron chi connectivity index (χ0n) is 12.4. The van der Waals surface area contributed by atoms with Crippen molar-refractivity contribution in [1.82, 2.24) is 4.90 Å². The Kier molecular flexibility index (Phi) is 5.19. The fourth-order valence-electron chi connectivity index (χ4n) is 2.62. The van der Waals surface area contributed by atoms with E-state index >= 15 is 0 Å². The molecule has 1 fully saturated rings. The minimum absolute atomic E-state index is 0.0185. The summed E-state index contributed by atoms with van der Waals surface area (Å²) >= 11 is 1.62. The second kappa shape index (κ2) is 6.56. The summed E-state index contributed by atoms with van der Waals surface area (Å²) in [4.78, 5) is 2.95. The molecule has 1 saturated heterocycles. The number of sulfone groups is 1. The zero-order valence-corrected chi connectivity index (χ0v) is 14.1. The van der Waals surface area contributed by atoms with Crippen LogP contribution in [0.25, 0.3) is 0 Å². The molecule has 1 aromatic carbocycles. The largest absolute Gasteiger partial charge is 0.496 e. The fraction of sp³-hybridized carbons (Fsp3) is 0.571. The molecule has 0 radical (unpaired) electrons. The highest BCUT2D eigenvalue weighted by Gasteiger charge is 2.38. The third-order valence-corrected chi connectivity index (χ3v) is 6.22. The Morgan fingerprint density at radius 3 is 2.67 bits per heavy atom. The van der Waals surface area contributed by atoms with Crippen molar-refractivity contribution < 1.29 is 18.3 Å². The van der Waals surface area contributed by atoms with Crippen LogP contribution in [0, 0.1) is 0 Å². The number of thioether (sulfide) groups is 1. The van der Waals surface area contributed by atoms with Gasteiger partial charge < -0.3 is 9.84 Å². The molecule has 7 heteroatoms. The van der Waals surface area contributed by atoms with Crippen LogP contribution >= 0.6 is 11.8 Å². The average molecular weight is 331 g/mol. The van der Waals surface area contributed by atoms with E-state index in [0.29, 0.717) is 6.54 Å². The van der Waals surface area contributed by atoms with Gasteiger partial charge in [0.15, 0.2) is 9.84 Å². The molecule has 1 aliphatic rings. The van der Waals surface area contributed by atoms with Gasteiger partial charge in [0.1, 0.15) is 5.75 Å². The van der Waals surface area contributed by atoms with E-state index < -0.39 is 15.9 Å². The first-order valence-corrected chi connectivity index (χ1v) is 9.70. The number of methoxy groups -OCH3 is 1. The summed E-state index contributed by atoms with van der Waals surface area (Å²) in [5.74, 6) is 0.689. The highest BCUT2D eigenvalue weighted by molar-refractivity contribution is 7.98. The van der Waals surface area contributed by atoms with Crippen molar-refractivity contribution in [3.05, 3.63) is 23.8 Å². The molecule has 0 unspecified atom stereocenters. The van der Waals surface area contributed by atoms with Gasteiger partial charge in [0.2, 0.25) is 0 Å². The van der Waals surface area contributed by atoms with E-state index in [1.54, 1.807) is 18.9 Å². The molecular weight excluding hydrogens is 310 g/mol. The summed E-state index contributed by atoms with van der Waals surface area (Å²) in [6, 6.07) is 5.61. The number of aliphatic hydroxyl groups is 1. The quantitative estimate of drug-likeness (QED) is 0.812. The molecule has 0 amide bonds. The van der Waals surface area contributed by atoms with Crippen LogP contribution in [0.5, 0.6) is 5.75 Å². The van der Waals surface area contributed by atoms with Crippen LogP contribution in [0.15, 0.2) is 23.1 Å². The number of aliphatic hydroxyl groups excluding tert-OH is 1. The van der Waals surface area contributed by atoms with Crippen molar-refractivity contribution in [3.63, 3.8) is 0 Å². The second-order valence-electron chi connectivity index (χ2n) is 5.32. The monoisotopic (exact) mass is 331 g/mol.